The lowest BCUT2D eigenvalue weighted by atomic mass is 10.2. The standard InChI is InChI=1S/C15H23N5S/c1-4-13(5-2)16-11-12(3)21-15-17-18-19-20(15)14-9-7-6-8-10-14/h6-10,12-13,16H,4-5,11H2,1-3H3. The van der Waals surface area contributed by atoms with Gasteiger partial charge in [-0.1, -0.05) is 50.7 Å². The third kappa shape index (κ3) is 4.54. The number of para-hydroxylation sites is 1. The van der Waals surface area contributed by atoms with E-state index in [9.17, 15) is 0 Å². The van der Waals surface area contributed by atoms with E-state index in [1.54, 1.807) is 16.4 Å². The zero-order valence-electron chi connectivity index (χ0n) is 12.9. The van der Waals surface area contributed by atoms with Crippen LogP contribution in [-0.2, 0) is 0 Å². The summed E-state index contributed by atoms with van der Waals surface area (Å²) >= 11 is 1.70. The molecule has 0 fully saturated rings. The molecule has 0 radical (unpaired) electrons. The summed E-state index contributed by atoms with van der Waals surface area (Å²) in [6.45, 7) is 7.59. The van der Waals surface area contributed by atoms with Crippen LogP contribution in [0.5, 0.6) is 0 Å². The van der Waals surface area contributed by atoms with Gasteiger partial charge in [0.15, 0.2) is 0 Å². The second kappa shape index (κ2) is 8.14. The summed E-state index contributed by atoms with van der Waals surface area (Å²) < 4.78 is 1.79. The predicted octanol–water partition coefficient (Wildman–Crippen LogP) is 2.92. The van der Waals surface area contributed by atoms with Crippen LogP contribution in [0.4, 0.5) is 0 Å². The van der Waals surface area contributed by atoms with Crippen LogP contribution in [0.25, 0.3) is 5.69 Å². The maximum absolute atomic E-state index is 4.14. The van der Waals surface area contributed by atoms with E-state index in [4.69, 9.17) is 0 Å². The highest BCUT2D eigenvalue weighted by molar-refractivity contribution is 7.99. The number of aromatic nitrogens is 4. The van der Waals surface area contributed by atoms with Gasteiger partial charge in [-0.05, 0) is 35.4 Å². The Morgan fingerprint density at radius 3 is 2.57 bits per heavy atom. The van der Waals surface area contributed by atoms with E-state index < -0.39 is 0 Å². The number of thioether (sulfide) groups is 1. The first-order valence-electron chi connectivity index (χ1n) is 7.48. The van der Waals surface area contributed by atoms with E-state index in [0.29, 0.717) is 11.3 Å². The van der Waals surface area contributed by atoms with Crippen LogP contribution in [0, 0.1) is 0 Å². The number of nitrogens with one attached hydrogen (secondary N) is 1. The molecule has 0 aliphatic rings. The molecule has 0 saturated carbocycles. The Kier molecular flexibility index (Phi) is 6.20. The zero-order chi connectivity index (χ0) is 15.1. The summed E-state index contributed by atoms with van der Waals surface area (Å²) in [5.41, 5.74) is 0.991. The van der Waals surface area contributed by atoms with Gasteiger partial charge >= 0.3 is 0 Å². The number of rotatable bonds is 8. The van der Waals surface area contributed by atoms with Crippen molar-refractivity contribution in [1.82, 2.24) is 25.5 Å². The van der Waals surface area contributed by atoms with Crippen LogP contribution in [-0.4, -0.2) is 38.0 Å². The Balaban J connectivity index is 1.96. The largest absolute Gasteiger partial charge is 0.313 e. The van der Waals surface area contributed by atoms with Crippen molar-refractivity contribution in [2.45, 2.75) is 50.1 Å². The molecule has 1 N–H and O–H groups in total. The summed E-state index contributed by atoms with van der Waals surface area (Å²) in [4.78, 5) is 0. The normalized spacial score (nSPS) is 12.8. The van der Waals surface area contributed by atoms with Crippen LogP contribution >= 0.6 is 11.8 Å². The van der Waals surface area contributed by atoms with E-state index in [0.717, 1.165) is 30.2 Å². The van der Waals surface area contributed by atoms with Crippen molar-refractivity contribution in [3.05, 3.63) is 30.3 Å². The first-order valence-corrected chi connectivity index (χ1v) is 8.36. The van der Waals surface area contributed by atoms with Crippen molar-refractivity contribution in [2.24, 2.45) is 0 Å². The lowest BCUT2D eigenvalue weighted by Crippen LogP contribution is -2.32. The molecular formula is C15H23N5S. The quantitative estimate of drug-likeness (QED) is 0.760. The molecule has 0 saturated heterocycles. The van der Waals surface area contributed by atoms with Crippen LogP contribution in [0.3, 0.4) is 0 Å². The highest BCUT2D eigenvalue weighted by Gasteiger charge is 2.14. The summed E-state index contributed by atoms with van der Waals surface area (Å²) in [5.74, 6) is 0. The molecule has 1 aromatic heterocycles. The van der Waals surface area contributed by atoms with Gasteiger partial charge in [-0.25, -0.2) is 0 Å². The van der Waals surface area contributed by atoms with Gasteiger partial charge < -0.3 is 5.32 Å². The molecule has 1 heterocycles. The minimum absolute atomic E-state index is 0.416. The summed E-state index contributed by atoms with van der Waals surface area (Å²) in [6.07, 6.45) is 2.32. The lowest BCUT2D eigenvalue weighted by Gasteiger charge is -2.18. The van der Waals surface area contributed by atoms with E-state index in [1.807, 2.05) is 30.3 Å². The summed E-state index contributed by atoms with van der Waals surface area (Å²) in [5, 5.41) is 16.9. The SMILES string of the molecule is CCC(CC)NCC(C)Sc1nnnn1-c1ccccc1. The minimum atomic E-state index is 0.416. The van der Waals surface area contributed by atoms with Crippen LogP contribution in [0.15, 0.2) is 35.5 Å². The number of nitrogens with zero attached hydrogens (tertiary/aromatic N) is 4. The van der Waals surface area contributed by atoms with Crippen molar-refractivity contribution in [3.63, 3.8) is 0 Å². The molecule has 0 amide bonds. The fourth-order valence-electron chi connectivity index (χ4n) is 2.12. The van der Waals surface area contributed by atoms with Gasteiger partial charge in [-0.15, -0.1) is 5.10 Å². The molecular weight excluding hydrogens is 282 g/mol. The molecule has 5 nitrogen and oxygen atoms in total. The molecule has 0 bridgehead atoms. The van der Waals surface area contributed by atoms with Gasteiger partial charge in [0.25, 0.3) is 0 Å². The van der Waals surface area contributed by atoms with E-state index >= 15 is 0 Å². The third-order valence-electron chi connectivity index (χ3n) is 3.43. The number of hydrogen-bond donors (Lipinski definition) is 1. The molecule has 2 aromatic rings. The molecule has 1 atom stereocenters. The Morgan fingerprint density at radius 1 is 1.19 bits per heavy atom. The maximum Gasteiger partial charge on any atom is 0.214 e. The number of benzene rings is 1. The maximum atomic E-state index is 4.14. The van der Waals surface area contributed by atoms with Crippen molar-refractivity contribution in [2.75, 3.05) is 6.54 Å². The number of tetrazole rings is 1. The molecule has 1 unspecified atom stereocenters. The monoisotopic (exact) mass is 305 g/mol. The molecule has 21 heavy (non-hydrogen) atoms. The van der Waals surface area contributed by atoms with E-state index in [-0.39, 0.29) is 0 Å². The highest BCUT2D eigenvalue weighted by Crippen LogP contribution is 2.22. The molecule has 6 heteroatoms. The molecule has 0 aliphatic carbocycles. The molecule has 2 rings (SSSR count). The molecule has 114 valence electrons. The van der Waals surface area contributed by atoms with Gasteiger partial charge in [0.05, 0.1) is 5.69 Å². The predicted molar refractivity (Wildman–Crippen MR) is 86.8 cm³/mol. The topological polar surface area (TPSA) is 55.6 Å². The van der Waals surface area contributed by atoms with E-state index in [1.165, 1.54) is 0 Å². The Labute approximate surface area is 130 Å². The van der Waals surface area contributed by atoms with Gasteiger partial charge in [0.1, 0.15) is 0 Å². The van der Waals surface area contributed by atoms with Gasteiger partial charge in [0.2, 0.25) is 5.16 Å². The van der Waals surface area contributed by atoms with Crippen LogP contribution in [0.2, 0.25) is 0 Å². The highest BCUT2D eigenvalue weighted by atomic mass is 32.2. The van der Waals surface area contributed by atoms with Crippen LogP contribution < -0.4 is 5.32 Å². The fourth-order valence-corrected chi connectivity index (χ4v) is 2.98. The fraction of sp³-hybridized carbons (Fsp3) is 0.533. The minimum Gasteiger partial charge on any atom is -0.313 e. The zero-order valence-corrected chi connectivity index (χ0v) is 13.7. The van der Waals surface area contributed by atoms with E-state index in [2.05, 4.69) is 41.6 Å². The second-order valence-electron chi connectivity index (χ2n) is 5.06. The van der Waals surface area contributed by atoms with Crippen molar-refractivity contribution in [3.8, 4) is 5.69 Å². The smallest absolute Gasteiger partial charge is 0.214 e. The molecule has 0 aliphatic heterocycles. The van der Waals surface area contributed by atoms with Gasteiger partial charge in [-0.3, -0.25) is 0 Å². The second-order valence-corrected chi connectivity index (χ2v) is 6.46. The Bertz CT molecular complexity index is 524. The third-order valence-corrected chi connectivity index (χ3v) is 4.46. The molecule has 1 aromatic carbocycles. The first-order chi connectivity index (χ1) is 10.2. The average molecular weight is 305 g/mol. The Morgan fingerprint density at radius 2 is 1.90 bits per heavy atom. The van der Waals surface area contributed by atoms with Gasteiger partial charge in [0, 0.05) is 17.8 Å². The summed E-state index contributed by atoms with van der Waals surface area (Å²) in [7, 11) is 0. The van der Waals surface area contributed by atoms with Crippen LogP contribution in [0.1, 0.15) is 33.6 Å². The van der Waals surface area contributed by atoms with Gasteiger partial charge in [-0.2, -0.15) is 4.68 Å². The lowest BCUT2D eigenvalue weighted by molar-refractivity contribution is 0.487. The molecule has 0 spiro atoms. The van der Waals surface area contributed by atoms with Crippen molar-refractivity contribution in [1.29, 1.82) is 0 Å². The van der Waals surface area contributed by atoms with Crippen molar-refractivity contribution >= 4 is 11.8 Å². The number of hydrogen-bond acceptors (Lipinski definition) is 5. The average Bonchev–Trinajstić information content (AvgIpc) is 2.97. The first kappa shape index (κ1) is 16.0. The summed E-state index contributed by atoms with van der Waals surface area (Å²) in [6, 6.07) is 10.6. The van der Waals surface area contributed by atoms with Crippen molar-refractivity contribution < 1.29 is 0 Å². The Hall–Kier alpha value is -1.40.